The number of halogens is 1. The molecule has 1 fully saturated rings. The smallest absolute Gasteiger partial charge is 0.340 e. The molecule has 1 saturated heterocycles. The van der Waals surface area contributed by atoms with Gasteiger partial charge < -0.3 is 29.8 Å². The molecule has 6 rings (SSSR count). The SMILES string of the molecule is COc1cc2c(Oc3ccc(N(N=Cc4c(O)ccc5ccccc45)C(N)=O)cc3F)ccnc2cc1OCCCN1CCOCC1. The number of fused-ring (bicyclic) bond motifs is 2. The Labute approximate surface area is 270 Å². The number of anilines is 1. The van der Waals surface area contributed by atoms with Gasteiger partial charge in [-0.2, -0.15) is 10.1 Å². The number of hydrogen-bond donors (Lipinski definition) is 2. The van der Waals surface area contributed by atoms with Crippen LogP contribution in [0.15, 0.2) is 84.1 Å². The van der Waals surface area contributed by atoms with Crippen molar-refractivity contribution in [1.29, 1.82) is 0 Å². The van der Waals surface area contributed by atoms with Crippen molar-refractivity contribution in [2.75, 3.05) is 51.6 Å². The predicted molar refractivity (Wildman–Crippen MR) is 177 cm³/mol. The minimum absolute atomic E-state index is 0.0320. The van der Waals surface area contributed by atoms with Crippen LogP contribution >= 0.6 is 0 Å². The van der Waals surface area contributed by atoms with Crippen molar-refractivity contribution in [2.24, 2.45) is 10.8 Å². The van der Waals surface area contributed by atoms with Crippen molar-refractivity contribution in [3.05, 3.63) is 90.4 Å². The molecule has 0 spiro atoms. The van der Waals surface area contributed by atoms with Gasteiger partial charge in [0.1, 0.15) is 11.5 Å². The summed E-state index contributed by atoms with van der Waals surface area (Å²) in [7, 11) is 1.55. The molecule has 0 radical (unpaired) electrons. The number of carbonyl (C=O) groups excluding carboxylic acids is 1. The number of carbonyl (C=O) groups is 1. The summed E-state index contributed by atoms with van der Waals surface area (Å²) in [6.07, 6.45) is 3.71. The Hall–Kier alpha value is -5.46. The van der Waals surface area contributed by atoms with Crippen molar-refractivity contribution >= 4 is 39.6 Å². The highest BCUT2D eigenvalue weighted by Gasteiger charge is 2.18. The molecule has 242 valence electrons. The first-order chi connectivity index (χ1) is 22.9. The van der Waals surface area contributed by atoms with E-state index >= 15 is 4.39 Å². The Kier molecular flexibility index (Phi) is 9.60. The maximum absolute atomic E-state index is 15.4. The van der Waals surface area contributed by atoms with Crippen molar-refractivity contribution in [3.8, 4) is 28.7 Å². The number of rotatable bonds is 11. The highest BCUT2D eigenvalue weighted by Crippen LogP contribution is 2.38. The van der Waals surface area contributed by atoms with Gasteiger partial charge >= 0.3 is 6.03 Å². The van der Waals surface area contributed by atoms with E-state index in [0.717, 1.165) is 61.1 Å². The minimum atomic E-state index is -0.944. The van der Waals surface area contributed by atoms with E-state index in [-0.39, 0.29) is 17.2 Å². The summed E-state index contributed by atoms with van der Waals surface area (Å²) in [5.41, 5.74) is 6.62. The molecule has 0 unspecified atom stereocenters. The fourth-order valence-electron chi connectivity index (χ4n) is 5.39. The summed E-state index contributed by atoms with van der Waals surface area (Å²) < 4.78 is 38.5. The monoisotopic (exact) mass is 639 g/mol. The van der Waals surface area contributed by atoms with Gasteiger partial charge in [0.05, 0.1) is 44.3 Å². The average Bonchev–Trinajstić information content (AvgIpc) is 3.08. The van der Waals surface area contributed by atoms with Crippen LogP contribution in [0.2, 0.25) is 0 Å². The average molecular weight is 640 g/mol. The van der Waals surface area contributed by atoms with Gasteiger partial charge in [0.25, 0.3) is 0 Å². The number of hydrogen-bond acceptors (Lipinski definition) is 9. The van der Waals surface area contributed by atoms with Crippen LogP contribution < -0.4 is 25.0 Å². The Morgan fingerprint density at radius 1 is 1.04 bits per heavy atom. The molecule has 0 bridgehead atoms. The molecule has 47 heavy (non-hydrogen) atoms. The number of urea groups is 1. The Balaban J connectivity index is 1.19. The fourth-order valence-corrected chi connectivity index (χ4v) is 5.39. The zero-order valence-electron chi connectivity index (χ0n) is 25.8. The van der Waals surface area contributed by atoms with Crippen LogP contribution in [0, 0.1) is 5.82 Å². The van der Waals surface area contributed by atoms with Gasteiger partial charge in [-0.25, -0.2) is 9.18 Å². The van der Waals surface area contributed by atoms with E-state index in [2.05, 4.69) is 15.0 Å². The Bertz CT molecular complexity index is 1930. The number of aromatic hydroxyl groups is 1. The van der Waals surface area contributed by atoms with Crippen molar-refractivity contribution in [2.45, 2.75) is 6.42 Å². The van der Waals surface area contributed by atoms with Gasteiger partial charge in [0.2, 0.25) is 0 Å². The summed E-state index contributed by atoms with van der Waals surface area (Å²) in [6, 6.07) is 18.8. The third-order valence-electron chi connectivity index (χ3n) is 7.81. The van der Waals surface area contributed by atoms with Gasteiger partial charge in [-0.05, 0) is 47.5 Å². The highest BCUT2D eigenvalue weighted by molar-refractivity contribution is 6.03. The topological polar surface area (TPSA) is 132 Å². The molecule has 0 atom stereocenters. The lowest BCUT2D eigenvalue weighted by Gasteiger charge is -2.26. The quantitative estimate of drug-likeness (QED) is 0.101. The molecule has 2 amide bonds. The number of methoxy groups -OCH3 is 1. The summed E-state index contributed by atoms with van der Waals surface area (Å²) in [4.78, 5) is 19.1. The largest absolute Gasteiger partial charge is 0.507 e. The molecule has 0 saturated carbocycles. The van der Waals surface area contributed by atoms with Gasteiger partial charge in [-0.1, -0.05) is 30.3 Å². The van der Waals surface area contributed by atoms with E-state index in [0.29, 0.717) is 40.3 Å². The minimum Gasteiger partial charge on any atom is -0.507 e. The molecular formula is C35H34FN5O6. The molecule has 4 aromatic carbocycles. The number of hydrazone groups is 1. The molecule has 0 aliphatic carbocycles. The standard InChI is InChI=1S/C35H34FN5O6/c1-44-33-20-26-29(21-34(33)46-16-4-13-40-14-17-45-18-15-40)38-12-11-31(26)47-32-10-8-24(19-28(32)36)41(35(37)43)39-22-27-25-6-3-2-5-23(25)7-9-30(27)42/h2-3,5-12,19-22,42H,4,13-18H2,1H3,(H2,37,43). The van der Waals surface area contributed by atoms with E-state index < -0.39 is 11.8 Å². The number of morpholine rings is 1. The van der Waals surface area contributed by atoms with Crippen LogP contribution in [0.4, 0.5) is 14.9 Å². The van der Waals surface area contributed by atoms with E-state index in [1.807, 2.05) is 24.3 Å². The predicted octanol–water partition coefficient (Wildman–Crippen LogP) is 6.05. The van der Waals surface area contributed by atoms with Gasteiger partial charge in [-0.15, -0.1) is 0 Å². The first kappa shape index (κ1) is 31.5. The van der Waals surface area contributed by atoms with E-state index in [4.69, 9.17) is 24.7 Å². The van der Waals surface area contributed by atoms with E-state index in [1.54, 1.807) is 37.6 Å². The zero-order chi connectivity index (χ0) is 32.8. The second-order valence-corrected chi connectivity index (χ2v) is 10.8. The van der Waals surface area contributed by atoms with E-state index in [1.165, 1.54) is 24.4 Å². The number of nitrogens with zero attached hydrogens (tertiary/aromatic N) is 4. The van der Waals surface area contributed by atoms with Crippen LogP contribution in [-0.2, 0) is 4.74 Å². The maximum atomic E-state index is 15.4. The lowest BCUT2D eigenvalue weighted by atomic mass is 10.0. The number of amides is 2. The Morgan fingerprint density at radius 3 is 2.66 bits per heavy atom. The normalized spacial score (nSPS) is 13.7. The number of phenolic OH excluding ortho intramolecular Hbond substituents is 1. The highest BCUT2D eigenvalue weighted by atomic mass is 19.1. The van der Waals surface area contributed by atoms with Crippen LogP contribution in [0.25, 0.3) is 21.7 Å². The van der Waals surface area contributed by atoms with Gasteiger partial charge in [0, 0.05) is 48.9 Å². The van der Waals surface area contributed by atoms with Gasteiger partial charge in [-0.3, -0.25) is 9.88 Å². The fraction of sp³-hybridized carbons (Fsp3) is 0.229. The van der Waals surface area contributed by atoms with E-state index in [9.17, 15) is 9.90 Å². The van der Waals surface area contributed by atoms with Crippen LogP contribution in [0.5, 0.6) is 28.7 Å². The van der Waals surface area contributed by atoms with Crippen LogP contribution in [0.3, 0.4) is 0 Å². The second kappa shape index (κ2) is 14.3. The summed E-state index contributed by atoms with van der Waals surface area (Å²) >= 11 is 0. The Morgan fingerprint density at radius 2 is 1.87 bits per heavy atom. The number of primary amides is 1. The summed E-state index contributed by atoms with van der Waals surface area (Å²) in [5.74, 6) is 0.499. The summed E-state index contributed by atoms with van der Waals surface area (Å²) in [6.45, 7) is 4.76. The molecule has 2 heterocycles. The lowest BCUT2D eigenvalue weighted by molar-refractivity contribution is 0.0357. The number of phenols is 1. The number of benzene rings is 4. The zero-order valence-corrected chi connectivity index (χ0v) is 25.8. The number of nitrogens with two attached hydrogens (primary N) is 1. The molecule has 1 aromatic heterocycles. The molecule has 3 N–H and O–H groups in total. The number of aromatic nitrogens is 1. The maximum Gasteiger partial charge on any atom is 0.340 e. The van der Waals surface area contributed by atoms with Crippen molar-refractivity contribution in [1.82, 2.24) is 9.88 Å². The molecular weight excluding hydrogens is 605 g/mol. The molecule has 1 aliphatic rings. The van der Waals surface area contributed by atoms with Crippen LogP contribution in [0.1, 0.15) is 12.0 Å². The van der Waals surface area contributed by atoms with Crippen LogP contribution in [-0.4, -0.2) is 73.8 Å². The first-order valence-corrected chi connectivity index (χ1v) is 15.1. The molecule has 1 aliphatic heterocycles. The third kappa shape index (κ3) is 7.19. The molecule has 11 nitrogen and oxygen atoms in total. The lowest BCUT2D eigenvalue weighted by Crippen LogP contribution is -2.37. The number of ether oxygens (including phenoxy) is 4. The summed E-state index contributed by atoms with van der Waals surface area (Å²) in [5, 5.41) is 17.6. The molecule has 12 heteroatoms. The van der Waals surface area contributed by atoms with Crippen molar-refractivity contribution in [3.63, 3.8) is 0 Å². The van der Waals surface area contributed by atoms with Crippen molar-refractivity contribution < 1.29 is 33.2 Å². The van der Waals surface area contributed by atoms with Gasteiger partial charge in [0.15, 0.2) is 23.1 Å². The number of pyridine rings is 1. The third-order valence-corrected chi connectivity index (χ3v) is 7.81. The second-order valence-electron chi connectivity index (χ2n) is 10.8. The first-order valence-electron chi connectivity index (χ1n) is 15.1. The molecule has 5 aromatic rings.